The van der Waals surface area contributed by atoms with Crippen LogP contribution < -0.4 is 10.1 Å². The molecular weight excluding hydrogens is 416 g/mol. The first kappa shape index (κ1) is 22.5. The average Bonchev–Trinajstić information content (AvgIpc) is 2.85. The van der Waals surface area contributed by atoms with Gasteiger partial charge in [-0.05, 0) is 49.6 Å². The summed E-state index contributed by atoms with van der Waals surface area (Å²) in [5.41, 5.74) is 2.77. The summed E-state index contributed by atoms with van der Waals surface area (Å²) < 4.78 is 5.18. The lowest BCUT2D eigenvalue weighted by Crippen LogP contribution is -2.40. The molecule has 4 rings (SSSR count). The standard InChI is InChI=1S/C26H28N4O3/c1-18-23(26(32)29-21-8-4-3-5-9-21)16-27-25(28-18)20-7-6-14-30(17-20)24(31)15-19-10-12-22(33-2)13-11-19/h3-5,8-13,16,20H,6-7,14-15,17H2,1-2H3,(H,29,32). The van der Waals surface area contributed by atoms with E-state index in [9.17, 15) is 9.59 Å². The normalized spacial score (nSPS) is 15.7. The van der Waals surface area contributed by atoms with Crippen LogP contribution in [-0.4, -0.2) is 46.9 Å². The Morgan fingerprint density at radius 2 is 1.88 bits per heavy atom. The number of nitrogens with one attached hydrogen (secondary N) is 1. The first-order valence-corrected chi connectivity index (χ1v) is 11.1. The van der Waals surface area contributed by atoms with Gasteiger partial charge < -0.3 is 15.0 Å². The third-order valence-corrected chi connectivity index (χ3v) is 5.93. The van der Waals surface area contributed by atoms with Gasteiger partial charge in [-0.15, -0.1) is 0 Å². The van der Waals surface area contributed by atoms with E-state index in [1.165, 1.54) is 0 Å². The second-order valence-electron chi connectivity index (χ2n) is 8.25. The highest BCUT2D eigenvalue weighted by Crippen LogP contribution is 2.26. The fraction of sp³-hybridized carbons (Fsp3) is 0.308. The zero-order valence-corrected chi connectivity index (χ0v) is 19.0. The molecule has 7 nitrogen and oxygen atoms in total. The number of hydrogen-bond acceptors (Lipinski definition) is 5. The maximum atomic E-state index is 12.9. The van der Waals surface area contributed by atoms with Gasteiger partial charge in [0.05, 0.1) is 24.8 Å². The van der Waals surface area contributed by atoms with E-state index in [1.54, 1.807) is 13.3 Å². The summed E-state index contributed by atoms with van der Waals surface area (Å²) in [5.74, 6) is 1.39. The van der Waals surface area contributed by atoms with E-state index in [4.69, 9.17) is 4.74 Å². The lowest BCUT2D eigenvalue weighted by Gasteiger charge is -2.32. The van der Waals surface area contributed by atoms with Crippen molar-refractivity contribution in [1.29, 1.82) is 0 Å². The van der Waals surface area contributed by atoms with Crippen LogP contribution in [0.15, 0.2) is 60.8 Å². The smallest absolute Gasteiger partial charge is 0.259 e. The van der Waals surface area contributed by atoms with Crippen LogP contribution in [0.5, 0.6) is 5.75 Å². The maximum Gasteiger partial charge on any atom is 0.259 e. The Morgan fingerprint density at radius 3 is 2.58 bits per heavy atom. The van der Waals surface area contributed by atoms with Gasteiger partial charge in [0.15, 0.2) is 0 Å². The van der Waals surface area contributed by atoms with Crippen molar-refractivity contribution in [3.8, 4) is 5.75 Å². The van der Waals surface area contributed by atoms with Crippen LogP contribution in [0.3, 0.4) is 0 Å². The van der Waals surface area contributed by atoms with Gasteiger partial charge in [0.2, 0.25) is 5.91 Å². The van der Waals surface area contributed by atoms with Crippen molar-refractivity contribution in [2.45, 2.75) is 32.1 Å². The molecule has 3 aromatic rings. The van der Waals surface area contributed by atoms with Crippen LogP contribution in [0.1, 0.15) is 46.2 Å². The Morgan fingerprint density at radius 1 is 1.12 bits per heavy atom. The molecular formula is C26H28N4O3. The molecule has 0 spiro atoms. The fourth-order valence-electron chi connectivity index (χ4n) is 4.07. The number of nitrogens with zero attached hydrogens (tertiary/aromatic N) is 3. The third kappa shape index (κ3) is 5.55. The molecule has 1 N–H and O–H groups in total. The summed E-state index contributed by atoms with van der Waals surface area (Å²) in [4.78, 5) is 36.5. The number of rotatable bonds is 6. The Hall–Kier alpha value is -3.74. The predicted octanol–water partition coefficient (Wildman–Crippen LogP) is 3.99. The minimum Gasteiger partial charge on any atom is -0.497 e. The average molecular weight is 445 g/mol. The number of methoxy groups -OCH3 is 1. The zero-order valence-electron chi connectivity index (χ0n) is 19.0. The Bertz CT molecular complexity index is 1120. The van der Waals surface area contributed by atoms with Gasteiger partial charge in [0.25, 0.3) is 5.91 Å². The molecule has 7 heteroatoms. The van der Waals surface area contributed by atoms with Crippen LogP contribution >= 0.6 is 0 Å². The van der Waals surface area contributed by atoms with Crippen molar-refractivity contribution < 1.29 is 14.3 Å². The Kier molecular flexibility index (Phi) is 6.98. The lowest BCUT2D eigenvalue weighted by molar-refractivity contribution is -0.131. The number of carbonyl (C=O) groups is 2. The minimum atomic E-state index is -0.231. The summed E-state index contributed by atoms with van der Waals surface area (Å²) in [7, 11) is 1.63. The Balaban J connectivity index is 1.40. The number of likely N-dealkylation sites (tertiary alicyclic amines) is 1. The van der Waals surface area contributed by atoms with E-state index in [2.05, 4.69) is 15.3 Å². The van der Waals surface area contributed by atoms with Crippen LogP contribution in [0, 0.1) is 6.92 Å². The summed E-state index contributed by atoms with van der Waals surface area (Å²) in [6.45, 7) is 3.15. The molecule has 0 saturated carbocycles. The SMILES string of the molecule is COc1ccc(CC(=O)N2CCCC(c3ncc(C(=O)Nc4ccccc4)c(C)n3)C2)cc1. The molecule has 1 saturated heterocycles. The molecule has 0 aliphatic carbocycles. The van der Waals surface area contributed by atoms with Crippen molar-refractivity contribution in [3.63, 3.8) is 0 Å². The number of hydrogen-bond donors (Lipinski definition) is 1. The molecule has 0 bridgehead atoms. The number of aromatic nitrogens is 2. The van der Waals surface area contributed by atoms with E-state index in [-0.39, 0.29) is 17.7 Å². The number of carbonyl (C=O) groups excluding carboxylic acids is 2. The van der Waals surface area contributed by atoms with E-state index >= 15 is 0 Å². The molecule has 2 aromatic carbocycles. The lowest BCUT2D eigenvalue weighted by atomic mass is 9.96. The molecule has 1 unspecified atom stereocenters. The zero-order chi connectivity index (χ0) is 23.2. The van der Waals surface area contributed by atoms with Gasteiger partial charge in [0, 0.05) is 30.9 Å². The molecule has 33 heavy (non-hydrogen) atoms. The molecule has 1 aliphatic heterocycles. The number of benzene rings is 2. The van der Waals surface area contributed by atoms with Crippen LogP contribution in [0.4, 0.5) is 5.69 Å². The second-order valence-corrected chi connectivity index (χ2v) is 8.25. The second kappa shape index (κ2) is 10.3. The summed E-state index contributed by atoms with van der Waals surface area (Å²) in [6, 6.07) is 16.9. The number of anilines is 1. The van der Waals surface area contributed by atoms with Crippen molar-refractivity contribution in [2.75, 3.05) is 25.5 Å². The van der Waals surface area contributed by atoms with Crippen LogP contribution in [-0.2, 0) is 11.2 Å². The quantitative estimate of drug-likeness (QED) is 0.621. The fourth-order valence-corrected chi connectivity index (χ4v) is 4.07. The predicted molar refractivity (Wildman–Crippen MR) is 126 cm³/mol. The molecule has 1 fully saturated rings. The van der Waals surface area contributed by atoms with Crippen molar-refractivity contribution in [2.24, 2.45) is 0 Å². The largest absolute Gasteiger partial charge is 0.497 e. The highest BCUT2D eigenvalue weighted by molar-refractivity contribution is 6.04. The van der Waals surface area contributed by atoms with E-state index in [0.717, 1.165) is 36.4 Å². The summed E-state index contributed by atoms with van der Waals surface area (Å²) in [6.07, 6.45) is 3.77. The molecule has 1 aliphatic rings. The molecule has 0 radical (unpaired) electrons. The third-order valence-electron chi connectivity index (χ3n) is 5.93. The number of piperidine rings is 1. The molecule has 170 valence electrons. The van der Waals surface area contributed by atoms with Gasteiger partial charge in [-0.1, -0.05) is 30.3 Å². The molecule has 2 amide bonds. The van der Waals surface area contributed by atoms with E-state index in [1.807, 2.05) is 66.4 Å². The van der Waals surface area contributed by atoms with Crippen LogP contribution in [0.2, 0.25) is 0 Å². The number of para-hydroxylation sites is 1. The Labute approximate surface area is 193 Å². The van der Waals surface area contributed by atoms with Gasteiger partial charge in [-0.3, -0.25) is 9.59 Å². The summed E-state index contributed by atoms with van der Waals surface area (Å²) in [5, 5.41) is 2.87. The number of aryl methyl sites for hydroxylation is 1. The highest BCUT2D eigenvalue weighted by atomic mass is 16.5. The van der Waals surface area contributed by atoms with Gasteiger partial charge in [-0.2, -0.15) is 0 Å². The molecule has 2 heterocycles. The molecule has 1 aromatic heterocycles. The van der Waals surface area contributed by atoms with E-state index in [0.29, 0.717) is 30.0 Å². The monoisotopic (exact) mass is 444 g/mol. The van der Waals surface area contributed by atoms with Crippen molar-refractivity contribution in [3.05, 3.63) is 83.4 Å². The van der Waals surface area contributed by atoms with Crippen LogP contribution in [0.25, 0.3) is 0 Å². The van der Waals surface area contributed by atoms with E-state index < -0.39 is 0 Å². The molecule has 1 atom stereocenters. The van der Waals surface area contributed by atoms with Crippen molar-refractivity contribution in [1.82, 2.24) is 14.9 Å². The van der Waals surface area contributed by atoms with Gasteiger partial charge >= 0.3 is 0 Å². The topological polar surface area (TPSA) is 84.4 Å². The minimum absolute atomic E-state index is 0.0588. The first-order chi connectivity index (χ1) is 16.0. The maximum absolute atomic E-state index is 12.9. The first-order valence-electron chi connectivity index (χ1n) is 11.1. The van der Waals surface area contributed by atoms with Crippen molar-refractivity contribution >= 4 is 17.5 Å². The number of ether oxygens (including phenoxy) is 1. The van der Waals surface area contributed by atoms with Gasteiger partial charge in [-0.25, -0.2) is 9.97 Å². The van der Waals surface area contributed by atoms with Gasteiger partial charge in [0.1, 0.15) is 11.6 Å². The highest BCUT2D eigenvalue weighted by Gasteiger charge is 2.27. The number of amides is 2. The summed E-state index contributed by atoms with van der Waals surface area (Å²) >= 11 is 0.